The highest BCUT2D eigenvalue weighted by atomic mass is 16.1. The smallest absolute Gasteiger partial charge is 0.161 e. The molecule has 0 heterocycles. The molecule has 18 heavy (non-hydrogen) atoms. The van der Waals surface area contributed by atoms with Gasteiger partial charge in [0.15, 0.2) is 5.78 Å². The second-order valence-corrected chi connectivity index (χ2v) is 5.86. The first kappa shape index (κ1) is 15.4. The van der Waals surface area contributed by atoms with E-state index in [-0.39, 0.29) is 12.0 Å². The fourth-order valence-electron chi connectivity index (χ4n) is 2.61. The predicted molar refractivity (Wildman–Crippen MR) is 77.5 cm³/mol. The van der Waals surface area contributed by atoms with Crippen molar-refractivity contribution in [1.82, 2.24) is 0 Å². The molecule has 0 aromatic carbocycles. The van der Waals surface area contributed by atoms with Gasteiger partial charge in [-0.2, -0.15) is 0 Å². The molecule has 104 valence electrons. The van der Waals surface area contributed by atoms with E-state index in [2.05, 4.69) is 13.0 Å². The van der Waals surface area contributed by atoms with E-state index < -0.39 is 0 Å². The molecule has 0 amide bonds. The minimum Gasteiger partial charge on any atom is -0.328 e. The summed E-state index contributed by atoms with van der Waals surface area (Å²) < 4.78 is 0. The van der Waals surface area contributed by atoms with E-state index in [1.165, 1.54) is 25.7 Å². The van der Waals surface area contributed by atoms with Gasteiger partial charge in [-0.05, 0) is 51.0 Å². The van der Waals surface area contributed by atoms with Gasteiger partial charge in [0.25, 0.3) is 0 Å². The molecule has 0 saturated heterocycles. The lowest BCUT2D eigenvalue weighted by atomic mass is 9.89. The van der Waals surface area contributed by atoms with Crippen molar-refractivity contribution in [3.8, 4) is 0 Å². The number of hydrogen-bond acceptors (Lipinski definition) is 2. The average Bonchev–Trinajstić information content (AvgIpc) is 2.27. The normalized spacial score (nSPS) is 20.5. The van der Waals surface area contributed by atoms with Crippen molar-refractivity contribution in [3.63, 3.8) is 0 Å². The molecule has 1 aliphatic carbocycles. The van der Waals surface area contributed by atoms with Gasteiger partial charge in [0, 0.05) is 12.0 Å². The summed E-state index contributed by atoms with van der Waals surface area (Å²) in [4.78, 5) is 12.3. The summed E-state index contributed by atoms with van der Waals surface area (Å²) >= 11 is 0. The molecular weight excluding hydrogens is 222 g/mol. The molecule has 2 unspecified atom stereocenters. The molecule has 2 atom stereocenters. The number of allylic oxidation sites excluding steroid dienone is 2. The van der Waals surface area contributed by atoms with E-state index in [1.807, 2.05) is 6.92 Å². The lowest BCUT2D eigenvalue weighted by molar-refractivity contribution is -0.119. The Kier molecular flexibility index (Phi) is 7.26. The number of ketones is 1. The van der Waals surface area contributed by atoms with Gasteiger partial charge in [-0.25, -0.2) is 0 Å². The zero-order chi connectivity index (χ0) is 13.4. The Morgan fingerprint density at radius 2 is 1.94 bits per heavy atom. The van der Waals surface area contributed by atoms with E-state index in [0.29, 0.717) is 5.78 Å². The number of nitrogens with two attached hydrogens (primary N) is 1. The molecular formula is C16H29NO. The maximum atomic E-state index is 12.3. The average molecular weight is 251 g/mol. The molecule has 0 aromatic heterocycles. The van der Waals surface area contributed by atoms with Gasteiger partial charge in [0.2, 0.25) is 0 Å². The summed E-state index contributed by atoms with van der Waals surface area (Å²) in [6.07, 6.45) is 12.4. The van der Waals surface area contributed by atoms with Crippen molar-refractivity contribution >= 4 is 5.78 Å². The van der Waals surface area contributed by atoms with Crippen LogP contribution in [0.15, 0.2) is 11.6 Å². The van der Waals surface area contributed by atoms with Gasteiger partial charge in [0.05, 0.1) is 0 Å². The maximum Gasteiger partial charge on any atom is 0.161 e. The second-order valence-electron chi connectivity index (χ2n) is 5.86. The van der Waals surface area contributed by atoms with Crippen LogP contribution in [0, 0.1) is 5.92 Å². The minimum atomic E-state index is 0.175. The van der Waals surface area contributed by atoms with Gasteiger partial charge in [-0.3, -0.25) is 4.79 Å². The first-order valence-corrected chi connectivity index (χ1v) is 7.60. The first-order chi connectivity index (χ1) is 8.61. The van der Waals surface area contributed by atoms with Crippen LogP contribution in [-0.4, -0.2) is 11.8 Å². The van der Waals surface area contributed by atoms with Crippen molar-refractivity contribution in [2.75, 3.05) is 0 Å². The van der Waals surface area contributed by atoms with E-state index in [1.54, 1.807) is 0 Å². The van der Waals surface area contributed by atoms with Crippen LogP contribution in [0.5, 0.6) is 0 Å². The van der Waals surface area contributed by atoms with Crippen molar-refractivity contribution in [2.24, 2.45) is 11.7 Å². The Hall–Kier alpha value is -0.630. The zero-order valence-electron chi connectivity index (χ0n) is 12.1. The Balaban J connectivity index is 2.40. The molecule has 2 N–H and O–H groups in total. The number of Topliss-reactive ketones (excluding diaryl/α,β-unsaturated/α-hetero) is 1. The van der Waals surface area contributed by atoms with Crippen LogP contribution < -0.4 is 5.73 Å². The summed E-state index contributed by atoms with van der Waals surface area (Å²) in [6, 6.07) is 0.257. The number of carbonyl (C=O) groups excluding carboxylic acids is 1. The number of carbonyl (C=O) groups is 1. The third-order valence-corrected chi connectivity index (χ3v) is 3.85. The number of hydrogen-bond donors (Lipinski definition) is 1. The van der Waals surface area contributed by atoms with Crippen LogP contribution in [-0.2, 0) is 4.79 Å². The molecule has 1 aliphatic rings. The second kappa shape index (κ2) is 8.47. The molecule has 1 rings (SSSR count). The highest BCUT2D eigenvalue weighted by Crippen LogP contribution is 2.22. The molecule has 0 radical (unpaired) electrons. The summed E-state index contributed by atoms with van der Waals surface area (Å²) in [5, 5.41) is 0. The Morgan fingerprint density at radius 3 is 2.67 bits per heavy atom. The van der Waals surface area contributed by atoms with E-state index >= 15 is 0 Å². The van der Waals surface area contributed by atoms with E-state index in [9.17, 15) is 4.79 Å². The molecule has 0 saturated carbocycles. The SMILES string of the molecule is CC(N)CCCC(C)C(=O)C1=CCCCCCC1. The number of rotatable bonds is 6. The van der Waals surface area contributed by atoms with Crippen LogP contribution >= 0.6 is 0 Å². The maximum absolute atomic E-state index is 12.3. The summed E-state index contributed by atoms with van der Waals surface area (Å²) in [6.45, 7) is 4.10. The summed E-state index contributed by atoms with van der Waals surface area (Å²) in [5.74, 6) is 0.566. The van der Waals surface area contributed by atoms with E-state index in [0.717, 1.165) is 37.7 Å². The first-order valence-electron chi connectivity index (χ1n) is 7.60. The van der Waals surface area contributed by atoms with Crippen molar-refractivity contribution in [2.45, 2.75) is 77.7 Å². The molecule has 0 bridgehead atoms. The summed E-state index contributed by atoms with van der Waals surface area (Å²) in [5.41, 5.74) is 6.84. The van der Waals surface area contributed by atoms with Crippen molar-refractivity contribution < 1.29 is 4.79 Å². The molecule has 0 aliphatic heterocycles. The molecule has 2 heteroatoms. The summed E-state index contributed by atoms with van der Waals surface area (Å²) in [7, 11) is 0. The Bertz CT molecular complexity index is 281. The fraction of sp³-hybridized carbons (Fsp3) is 0.812. The zero-order valence-corrected chi connectivity index (χ0v) is 12.1. The quantitative estimate of drug-likeness (QED) is 0.775. The van der Waals surface area contributed by atoms with Crippen LogP contribution in [0.1, 0.15) is 71.6 Å². The molecule has 0 spiro atoms. The molecule has 0 fully saturated rings. The highest BCUT2D eigenvalue weighted by Gasteiger charge is 2.17. The van der Waals surface area contributed by atoms with Crippen LogP contribution in [0.25, 0.3) is 0 Å². The highest BCUT2D eigenvalue weighted by molar-refractivity contribution is 5.96. The molecule has 0 aromatic rings. The van der Waals surface area contributed by atoms with Crippen molar-refractivity contribution in [1.29, 1.82) is 0 Å². The molecule has 2 nitrogen and oxygen atoms in total. The Morgan fingerprint density at radius 1 is 1.22 bits per heavy atom. The van der Waals surface area contributed by atoms with Crippen molar-refractivity contribution in [3.05, 3.63) is 11.6 Å². The monoisotopic (exact) mass is 251 g/mol. The lowest BCUT2D eigenvalue weighted by Gasteiger charge is -2.15. The van der Waals surface area contributed by atoms with E-state index in [4.69, 9.17) is 5.73 Å². The minimum absolute atomic E-state index is 0.175. The lowest BCUT2D eigenvalue weighted by Crippen LogP contribution is -2.17. The fourth-order valence-corrected chi connectivity index (χ4v) is 2.61. The third-order valence-electron chi connectivity index (χ3n) is 3.85. The van der Waals surface area contributed by atoms with Gasteiger partial charge in [-0.15, -0.1) is 0 Å². The standard InChI is InChI=1S/C16H29NO/c1-13(9-8-10-14(2)17)16(18)15-11-6-4-3-5-7-12-15/h11,13-14H,3-10,12,17H2,1-2H3. The van der Waals surface area contributed by atoms with Crippen LogP contribution in [0.2, 0.25) is 0 Å². The van der Waals surface area contributed by atoms with Gasteiger partial charge in [0.1, 0.15) is 0 Å². The Labute approximate surface area is 112 Å². The van der Waals surface area contributed by atoms with Gasteiger partial charge in [-0.1, -0.05) is 32.3 Å². The van der Waals surface area contributed by atoms with Gasteiger partial charge < -0.3 is 5.73 Å². The van der Waals surface area contributed by atoms with Crippen LogP contribution in [0.4, 0.5) is 0 Å². The van der Waals surface area contributed by atoms with Crippen LogP contribution in [0.3, 0.4) is 0 Å². The third kappa shape index (κ3) is 5.81. The topological polar surface area (TPSA) is 43.1 Å². The predicted octanol–water partition coefficient (Wildman–Crippen LogP) is 3.99. The van der Waals surface area contributed by atoms with Gasteiger partial charge >= 0.3 is 0 Å². The largest absolute Gasteiger partial charge is 0.328 e.